The fourth-order valence-electron chi connectivity index (χ4n) is 6.78. The third kappa shape index (κ3) is 3.05. The van der Waals surface area contributed by atoms with Crippen molar-refractivity contribution in [2.75, 3.05) is 4.90 Å². The second-order valence-electron chi connectivity index (χ2n) is 10.2. The lowest BCUT2D eigenvalue weighted by molar-refractivity contribution is 0.0666. The lowest BCUT2D eigenvalue weighted by atomic mass is 9.64. The molecule has 1 aliphatic carbocycles. The van der Waals surface area contributed by atoms with Crippen LogP contribution in [-0.4, -0.2) is 29.4 Å². The predicted molar refractivity (Wildman–Crippen MR) is 143 cm³/mol. The minimum Gasteiger partial charge on any atom is -0.352 e. The summed E-state index contributed by atoms with van der Waals surface area (Å²) in [4.78, 5) is 45.2. The number of ketones is 3. The van der Waals surface area contributed by atoms with Gasteiger partial charge in [-0.3, -0.25) is 14.4 Å². The number of Topliss-reactive ketones (excluding diaryl/α,β-unsaturated/α-hetero) is 3. The van der Waals surface area contributed by atoms with E-state index in [4.69, 9.17) is 0 Å². The molecule has 4 aromatic rings. The van der Waals surface area contributed by atoms with Crippen molar-refractivity contribution in [3.63, 3.8) is 0 Å². The van der Waals surface area contributed by atoms with Crippen LogP contribution in [0.2, 0.25) is 0 Å². The minimum atomic E-state index is -1.71. The molecule has 0 aromatic heterocycles. The van der Waals surface area contributed by atoms with E-state index in [0.717, 1.165) is 5.56 Å². The molecule has 0 N–H and O–H groups in total. The number of hydrogen-bond acceptors (Lipinski definition) is 4. The average Bonchev–Trinajstić information content (AvgIpc) is 3.40. The molecule has 0 amide bonds. The van der Waals surface area contributed by atoms with E-state index >= 15 is 4.39 Å². The van der Waals surface area contributed by atoms with Gasteiger partial charge in [0.25, 0.3) is 0 Å². The van der Waals surface area contributed by atoms with Crippen molar-refractivity contribution in [3.05, 3.63) is 143 Å². The summed E-state index contributed by atoms with van der Waals surface area (Å²) in [6.07, 6.45) is 3.66. The Hall–Kier alpha value is -4.71. The normalized spacial score (nSPS) is 22.1. The van der Waals surface area contributed by atoms with E-state index in [1.54, 1.807) is 41.3 Å². The van der Waals surface area contributed by atoms with Crippen LogP contribution in [0.15, 0.2) is 103 Å². The summed E-state index contributed by atoms with van der Waals surface area (Å²) in [5, 5.41) is 0. The van der Waals surface area contributed by atoms with Gasteiger partial charge in [-0.25, -0.2) is 8.78 Å². The van der Waals surface area contributed by atoms with E-state index in [0.29, 0.717) is 22.4 Å². The van der Waals surface area contributed by atoms with Crippen LogP contribution in [0.5, 0.6) is 0 Å². The van der Waals surface area contributed by atoms with Crippen LogP contribution in [-0.2, 0) is 0 Å². The number of para-hydroxylation sites is 1. The summed E-state index contributed by atoms with van der Waals surface area (Å²) in [5.74, 6) is -3.52. The van der Waals surface area contributed by atoms with Crippen molar-refractivity contribution in [3.8, 4) is 0 Å². The Morgan fingerprint density at radius 1 is 0.744 bits per heavy atom. The molecule has 4 aromatic carbocycles. The van der Waals surface area contributed by atoms with E-state index in [1.165, 1.54) is 42.5 Å². The number of benzene rings is 4. The summed E-state index contributed by atoms with van der Waals surface area (Å²) in [6.45, 7) is 0. The Balaban J connectivity index is 1.56. The quantitative estimate of drug-likeness (QED) is 0.237. The first-order valence-corrected chi connectivity index (χ1v) is 12.7. The molecule has 2 heterocycles. The first kappa shape index (κ1) is 23.4. The van der Waals surface area contributed by atoms with Gasteiger partial charge in [0, 0.05) is 22.7 Å². The van der Waals surface area contributed by atoms with Crippen LogP contribution >= 0.6 is 0 Å². The number of anilines is 1. The van der Waals surface area contributed by atoms with Gasteiger partial charge in [-0.2, -0.15) is 0 Å². The monoisotopic (exact) mass is 517 g/mol. The zero-order chi connectivity index (χ0) is 26.9. The van der Waals surface area contributed by atoms with E-state index in [9.17, 15) is 18.8 Å². The van der Waals surface area contributed by atoms with Gasteiger partial charge in [-0.1, -0.05) is 78.9 Å². The molecule has 1 saturated heterocycles. The third-order valence-corrected chi connectivity index (χ3v) is 8.35. The summed E-state index contributed by atoms with van der Waals surface area (Å²) in [6, 6.07) is 23.4. The van der Waals surface area contributed by atoms with Gasteiger partial charge in [0.05, 0.1) is 11.6 Å². The number of hydrogen-bond donors (Lipinski definition) is 0. The zero-order valence-corrected chi connectivity index (χ0v) is 20.6. The zero-order valence-electron chi connectivity index (χ0n) is 20.6. The van der Waals surface area contributed by atoms with Crippen LogP contribution in [0.1, 0.15) is 48.1 Å². The molecule has 3 aliphatic rings. The first-order chi connectivity index (χ1) is 18.9. The molecule has 1 unspecified atom stereocenters. The molecular formula is C33H21F2NO3. The number of rotatable bonds is 3. The highest BCUT2D eigenvalue weighted by atomic mass is 19.1. The minimum absolute atomic E-state index is 0.132. The van der Waals surface area contributed by atoms with Crippen LogP contribution in [0.4, 0.5) is 14.5 Å². The van der Waals surface area contributed by atoms with Crippen LogP contribution in [0.3, 0.4) is 0 Å². The Morgan fingerprint density at radius 3 is 2.05 bits per heavy atom. The molecule has 4 nitrogen and oxygen atoms in total. The van der Waals surface area contributed by atoms with Crippen molar-refractivity contribution in [2.24, 2.45) is 5.41 Å². The van der Waals surface area contributed by atoms with Gasteiger partial charge in [-0.15, -0.1) is 0 Å². The molecule has 1 fully saturated rings. The summed E-state index contributed by atoms with van der Waals surface area (Å²) in [5.41, 5.74) is 0.679. The van der Waals surface area contributed by atoms with Gasteiger partial charge >= 0.3 is 0 Å². The highest BCUT2D eigenvalue weighted by Gasteiger charge is 2.71. The molecule has 0 bridgehead atoms. The molecule has 2 aliphatic heterocycles. The molecule has 0 radical (unpaired) electrons. The Bertz CT molecular complexity index is 1690. The van der Waals surface area contributed by atoms with E-state index in [2.05, 4.69) is 0 Å². The van der Waals surface area contributed by atoms with Crippen molar-refractivity contribution < 1.29 is 23.2 Å². The van der Waals surface area contributed by atoms with Crippen molar-refractivity contribution in [1.29, 1.82) is 0 Å². The first-order valence-electron chi connectivity index (χ1n) is 12.7. The Kier molecular flexibility index (Phi) is 5.04. The maximum absolute atomic E-state index is 15.1. The molecule has 0 saturated carbocycles. The second-order valence-corrected chi connectivity index (χ2v) is 10.2. The maximum atomic E-state index is 15.1. The number of fused-ring (bicyclic) bond motifs is 5. The molecule has 190 valence electrons. The van der Waals surface area contributed by atoms with Crippen molar-refractivity contribution in [2.45, 2.75) is 18.0 Å². The number of carbonyl (C=O) groups excluding carboxylic acids is 3. The average molecular weight is 518 g/mol. The lowest BCUT2D eigenvalue weighted by Gasteiger charge is -2.37. The standard InChI is InChI=1S/C33H21F2NO3/c34-21-16-13-20(14-17-21)28-29(30(37)24-10-4-5-11-25(24)35)36-26-12-6-1-7-19(26)15-18-27(36)33(28)31(38)22-8-2-3-9-23(22)32(33)39/h1-18,27-29H/t27?,28-,29+/m0/s1. The molecule has 3 atom stereocenters. The topological polar surface area (TPSA) is 54.5 Å². The largest absolute Gasteiger partial charge is 0.352 e. The lowest BCUT2D eigenvalue weighted by Crippen LogP contribution is -2.48. The van der Waals surface area contributed by atoms with Crippen molar-refractivity contribution >= 4 is 29.1 Å². The summed E-state index contributed by atoms with van der Waals surface area (Å²) in [7, 11) is 0. The van der Waals surface area contributed by atoms with Crippen LogP contribution < -0.4 is 4.90 Å². The molecule has 7 rings (SSSR count). The van der Waals surface area contributed by atoms with Gasteiger partial charge < -0.3 is 4.90 Å². The summed E-state index contributed by atoms with van der Waals surface area (Å²) < 4.78 is 29.2. The smallest absolute Gasteiger partial charge is 0.188 e. The van der Waals surface area contributed by atoms with Gasteiger partial charge in [0.2, 0.25) is 0 Å². The fraction of sp³-hybridized carbons (Fsp3) is 0.121. The highest BCUT2D eigenvalue weighted by molar-refractivity contribution is 6.32. The second kappa shape index (κ2) is 8.40. The van der Waals surface area contributed by atoms with Crippen LogP contribution in [0, 0.1) is 17.0 Å². The number of halogens is 2. The molecule has 6 heteroatoms. The molecule has 39 heavy (non-hydrogen) atoms. The maximum Gasteiger partial charge on any atom is 0.188 e. The van der Waals surface area contributed by atoms with E-state index in [-0.39, 0.29) is 17.1 Å². The number of carbonyl (C=O) groups is 3. The fourth-order valence-corrected chi connectivity index (χ4v) is 6.78. The molecule has 1 spiro atoms. The van der Waals surface area contributed by atoms with Gasteiger partial charge in [-0.05, 0) is 41.5 Å². The van der Waals surface area contributed by atoms with Gasteiger partial charge in [0.1, 0.15) is 23.1 Å². The van der Waals surface area contributed by atoms with E-state index in [1.807, 2.05) is 30.3 Å². The predicted octanol–water partition coefficient (Wildman–Crippen LogP) is 6.28. The Morgan fingerprint density at radius 2 is 1.36 bits per heavy atom. The van der Waals surface area contributed by atoms with Crippen molar-refractivity contribution in [1.82, 2.24) is 0 Å². The highest BCUT2D eigenvalue weighted by Crippen LogP contribution is 2.61. The Labute approximate surface area is 223 Å². The molecular weight excluding hydrogens is 496 g/mol. The van der Waals surface area contributed by atoms with Gasteiger partial charge in [0.15, 0.2) is 17.3 Å². The van der Waals surface area contributed by atoms with Crippen LogP contribution in [0.25, 0.3) is 6.08 Å². The third-order valence-electron chi connectivity index (χ3n) is 8.35. The summed E-state index contributed by atoms with van der Waals surface area (Å²) >= 11 is 0. The van der Waals surface area contributed by atoms with E-state index < -0.39 is 40.8 Å². The number of nitrogens with zero attached hydrogens (tertiary/aromatic N) is 1. The SMILES string of the molecule is O=C(c1ccccc1F)[C@H]1[C@H](c2ccc(F)cc2)C2(C(=O)c3ccccc3C2=O)C2C=Cc3ccccc3N21.